The van der Waals surface area contributed by atoms with Gasteiger partial charge < -0.3 is 9.32 Å². The number of anilines is 3. The minimum Gasteiger partial charge on any atom is -0.454 e. The van der Waals surface area contributed by atoms with Crippen molar-refractivity contribution in [2.75, 3.05) is 4.90 Å². The molecule has 0 N–H and O–H groups in total. The number of furan rings is 1. The number of halogens is 1. The van der Waals surface area contributed by atoms with Crippen molar-refractivity contribution in [2.24, 2.45) is 0 Å². The monoisotopic (exact) mass is 565 g/mol. The van der Waals surface area contributed by atoms with E-state index in [1.54, 1.807) is 0 Å². The van der Waals surface area contributed by atoms with E-state index in [2.05, 4.69) is 142 Å². The Morgan fingerprint density at radius 2 is 0.949 bits per heavy atom. The molecule has 0 aliphatic rings. The quantitative estimate of drug-likeness (QED) is 0.206. The Morgan fingerprint density at radius 1 is 0.462 bits per heavy atom. The highest BCUT2D eigenvalue weighted by molar-refractivity contribution is 9.10. The largest absolute Gasteiger partial charge is 0.454 e. The molecule has 7 aromatic rings. The van der Waals surface area contributed by atoms with E-state index in [0.29, 0.717) is 0 Å². The minimum atomic E-state index is 0.860. The van der Waals surface area contributed by atoms with E-state index < -0.39 is 0 Å². The molecule has 1 heterocycles. The molecule has 0 amide bonds. The van der Waals surface area contributed by atoms with Crippen LogP contribution in [0.3, 0.4) is 0 Å². The Morgan fingerprint density at radius 3 is 1.51 bits per heavy atom. The lowest BCUT2D eigenvalue weighted by molar-refractivity contribution is 0.669. The fraction of sp³-hybridized carbons (Fsp3) is 0. The Kier molecular flexibility index (Phi) is 5.99. The first-order valence-electron chi connectivity index (χ1n) is 13.0. The van der Waals surface area contributed by atoms with Crippen LogP contribution in [0.1, 0.15) is 0 Å². The summed E-state index contributed by atoms with van der Waals surface area (Å²) in [6.07, 6.45) is 0. The number of hydrogen-bond donors (Lipinski definition) is 0. The van der Waals surface area contributed by atoms with Crippen molar-refractivity contribution in [3.63, 3.8) is 0 Å². The summed E-state index contributed by atoms with van der Waals surface area (Å²) < 4.78 is 7.49. The van der Waals surface area contributed by atoms with Gasteiger partial charge >= 0.3 is 0 Å². The number of hydrogen-bond acceptors (Lipinski definition) is 2. The van der Waals surface area contributed by atoms with Crippen LogP contribution in [0, 0.1) is 0 Å². The van der Waals surface area contributed by atoms with Gasteiger partial charge in [0.15, 0.2) is 5.58 Å². The molecule has 0 atom stereocenters. The van der Waals surface area contributed by atoms with Crippen LogP contribution in [0.4, 0.5) is 17.1 Å². The molecule has 7 rings (SSSR count). The van der Waals surface area contributed by atoms with Gasteiger partial charge in [-0.1, -0.05) is 119 Å². The zero-order chi connectivity index (χ0) is 26.2. The number of nitrogens with zero attached hydrogens (tertiary/aromatic N) is 1. The Balaban J connectivity index is 1.41. The summed E-state index contributed by atoms with van der Waals surface area (Å²) in [5, 5.41) is 2.19. The van der Waals surface area contributed by atoms with Crippen LogP contribution in [0.2, 0.25) is 0 Å². The molecule has 0 saturated heterocycles. The van der Waals surface area contributed by atoms with Gasteiger partial charge in [-0.05, 0) is 64.7 Å². The molecule has 0 radical (unpaired) electrons. The van der Waals surface area contributed by atoms with Crippen LogP contribution >= 0.6 is 15.9 Å². The van der Waals surface area contributed by atoms with E-state index in [-0.39, 0.29) is 0 Å². The average molecular weight is 566 g/mol. The van der Waals surface area contributed by atoms with Crippen LogP contribution in [-0.4, -0.2) is 0 Å². The highest BCUT2D eigenvalue weighted by atomic mass is 79.9. The van der Waals surface area contributed by atoms with E-state index in [9.17, 15) is 0 Å². The molecular weight excluding hydrogens is 542 g/mol. The molecular formula is C36H24BrNO. The standard InChI is InChI=1S/C36H24BrNO/c37-29-23-33-32-13-7-8-14-35(32)39-36(33)34(24-29)38(30-19-15-27(16-20-30)25-9-3-1-4-10-25)31-21-17-28(18-22-31)26-11-5-2-6-12-26/h1-24H. The Labute approximate surface area is 235 Å². The van der Waals surface area contributed by atoms with Crippen LogP contribution in [0.5, 0.6) is 0 Å². The third kappa shape index (κ3) is 4.41. The van der Waals surface area contributed by atoms with Gasteiger partial charge in [-0.3, -0.25) is 0 Å². The topological polar surface area (TPSA) is 16.4 Å². The maximum absolute atomic E-state index is 6.49. The SMILES string of the molecule is Brc1cc(N(c2ccc(-c3ccccc3)cc2)c2ccc(-c3ccccc3)cc2)c2oc3ccccc3c2c1. The summed E-state index contributed by atoms with van der Waals surface area (Å²) in [6.45, 7) is 0. The third-order valence-electron chi connectivity index (χ3n) is 7.13. The summed E-state index contributed by atoms with van der Waals surface area (Å²) in [5.41, 5.74) is 9.60. The smallest absolute Gasteiger partial charge is 0.159 e. The molecule has 0 fully saturated rings. The van der Waals surface area contributed by atoms with Gasteiger partial charge in [-0.25, -0.2) is 0 Å². The maximum atomic E-state index is 6.49. The Bertz CT molecular complexity index is 1810. The molecule has 0 unspecified atom stereocenters. The van der Waals surface area contributed by atoms with Crippen LogP contribution in [-0.2, 0) is 0 Å². The first-order valence-corrected chi connectivity index (χ1v) is 13.8. The molecule has 39 heavy (non-hydrogen) atoms. The lowest BCUT2D eigenvalue weighted by Crippen LogP contribution is -2.10. The van der Waals surface area contributed by atoms with Crippen molar-refractivity contribution in [1.29, 1.82) is 0 Å². The second-order valence-electron chi connectivity index (χ2n) is 9.56. The first kappa shape index (κ1) is 23.5. The summed E-state index contributed by atoms with van der Waals surface area (Å²) in [7, 11) is 0. The molecule has 0 spiro atoms. The van der Waals surface area contributed by atoms with Crippen LogP contribution in [0.25, 0.3) is 44.2 Å². The summed E-state index contributed by atoms with van der Waals surface area (Å²) in [5.74, 6) is 0. The van der Waals surface area contributed by atoms with Crippen molar-refractivity contribution >= 4 is 54.9 Å². The van der Waals surface area contributed by atoms with Gasteiger partial charge in [-0.2, -0.15) is 0 Å². The predicted molar refractivity (Wildman–Crippen MR) is 167 cm³/mol. The van der Waals surface area contributed by atoms with Gasteiger partial charge in [-0.15, -0.1) is 0 Å². The Hall–Kier alpha value is -4.60. The van der Waals surface area contributed by atoms with E-state index in [1.165, 1.54) is 22.3 Å². The van der Waals surface area contributed by atoms with Crippen molar-refractivity contribution < 1.29 is 4.42 Å². The van der Waals surface area contributed by atoms with E-state index >= 15 is 0 Å². The normalized spacial score (nSPS) is 11.2. The van der Waals surface area contributed by atoms with Gasteiger partial charge in [0.25, 0.3) is 0 Å². The van der Waals surface area contributed by atoms with Crippen LogP contribution in [0.15, 0.2) is 154 Å². The van der Waals surface area contributed by atoms with Gasteiger partial charge in [0.1, 0.15) is 5.58 Å². The average Bonchev–Trinajstić information content (AvgIpc) is 3.37. The highest BCUT2D eigenvalue weighted by Gasteiger charge is 2.20. The highest BCUT2D eigenvalue weighted by Crippen LogP contribution is 2.44. The number of para-hydroxylation sites is 1. The summed E-state index contributed by atoms with van der Waals surface area (Å²) >= 11 is 3.78. The minimum absolute atomic E-state index is 0.860. The first-order chi connectivity index (χ1) is 19.2. The lowest BCUT2D eigenvalue weighted by Gasteiger charge is -2.26. The lowest BCUT2D eigenvalue weighted by atomic mass is 10.0. The molecule has 0 bridgehead atoms. The molecule has 0 aliphatic heterocycles. The fourth-order valence-corrected chi connectivity index (χ4v) is 5.68. The second-order valence-corrected chi connectivity index (χ2v) is 10.5. The van der Waals surface area contributed by atoms with Crippen LogP contribution < -0.4 is 4.90 Å². The van der Waals surface area contributed by atoms with Gasteiger partial charge in [0.2, 0.25) is 0 Å². The van der Waals surface area contributed by atoms with Crippen molar-refractivity contribution in [2.45, 2.75) is 0 Å². The predicted octanol–water partition coefficient (Wildman–Crippen LogP) is 11.2. The van der Waals surface area contributed by atoms with E-state index in [4.69, 9.17) is 4.42 Å². The molecule has 0 aliphatic carbocycles. The van der Waals surface area contributed by atoms with Gasteiger partial charge in [0, 0.05) is 26.6 Å². The zero-order valence-electron chi connectivity index (χ0n) is 21.1. The van der Waals surface area contributed by atoms with Gasteiger partial charge in [0.05, 0.1) is 5.69 Å². The molecule has 1 aromatic heterocycles. The third-order valence-corrected chi connectivity index (χ3v) is 7.59. The summed E-state index contributed by atoms with van der Waals surface area (Å²) in [4.78, 5) is 2.28. The molecule has 186 valence electrons. The molecule has 2 nitrogen and oxygen atoms in total. The second kappa shape index (κ2) is 9.94. The zero-order valence-corrected chi connectivity index (χ0v) is 22.7. The van der Waals surface area contributed by atoms with E-state index in [1.807, 2.05) is 24.3 Å². The fourth-order valence-electron chi connectivity index (χ4n) is 5.24. The molecule has 3 heteroatoms. The molecule has 0 saturated carbocycles. The van der Waals surface area contributed by atoms with Crippen molar-refractivity contribution in [3.05, 3.63) is 150 Å². The molecule has 6 aromatic carbocycles. The van der Waals surface area contributed by atoms with Crippen molar-refractivity contribution in [1.82, 2.24) is 0 Å². The number of benzene rings is 6. The number of fused-ring (bicyclic) bond motifs is 3. The van der Waals surface area contributed by atoms with Crippen molar-refractivity contribution in [3.8, 4) is 22.3 Å². The maximum Gasteiger partial charge on any atom is 0.159 e. The summed E-state index contributed by atoms with van der Waals surface area (Å²) in [6, 6.07) is 50.9. The number of rotatable bonds is 5. The van der Waals surface area contributed by atoms with E-state index in [0.717, 1.165) is 43.5 Å².